The van der Waals surface area contributed by atoms with Crippen LogP contribution >= 0.6 is 11.6 Å². The molecule has 0 bridgehead atoms. The van der Waals surface area contributed by atoms with E-state index in [0.717, 1.165) is 57.5 Å². The molecule has 0 unspecified atom stereocenters. The van der Waals surface area contributed by atoms with E-state index in [1.54, 1.807) is 6.20 Å². The topological polar surface area (TPSA) is 79.4 Å². The Labute approximate surface area is 228 Å². The van der Waals surface area contributed by atoms with Gasteiger partial charge in [0.2, 0.25) is 0 Å². The second-order valence-corrected chi connectivity index (χ2v) is 10.7. The first-order chi connectivity index (χ1) is 18.7. The fraction of sp³-hybridized carbons (Fsp3) is 0.355. The lowest BCUT2D eigenvalue weighted by Crippen LogP contribution is -2.07. The van der Waals surface area contributed by atoms with Gasteiger partial charge >= 0.3 is 0 Å². The Kier molecular flexibility index (Phi) is 7.23. The lowest BCUT2D eigenvalue weighted by atomic mass is 10.1. The number of aromatic amines is 1. The lowest BCUT2D eigenvalue weighted by Gasteiger charge is -2.14. The average molecular weight is 525 g/mol. The highest BCUT2D eigenvalue weighted by Crippen LogP contribution is 2.44. The van der Waals surface area contributed by atoms with E-state index in [4.69, 9.17) is 21.6 Å². The Balaban J connectivity index is 1.38. The van der Waals surface area contributed by atoms with Crippen molar-refractivity contribution in [2.75, 3.05) is 11.9 Å². The summed E-state index contributed by atoms with van der Waals surface area (Å²) in [6.45, 7) is 3.16. The minimum absolute atomic E-state index is 0.561. The molecule has 0 aliphatic heterocycles. The van der Waals surface area contributed by atoms with E-state index >= 15 is 0 Å². The highest BCUT2D eigenvalue weighted by molar-refractivity contribution is 6.33. The lowest BCUT2D eigenvalue weighted by molar-refractivity contribution is 0.617. The number of hydrogen-bond acceptors (Lipinski definition) is 5. The monoisotopic (exact) mass is 524 g/mol. The van der Waals surface area contributed by atoms with Crippen molar-refractivity contribution < 1.29 is 0 Å². The van der Waals surface area contributed by atoms with E-state index in [0.29, 0.717) is 16.8 Å². The molecule has 0 spiro atoms. The first kappa shape index (κ1) is 24.8. The van der Waals surface area contributed by atoms with E-state index < -0.39 is 0 Å². The second-order valence-electron chi connectivity index (χ2n) is 10.3. The number of fused-ring (bicyclic) bond motifs is 2. The van der Waals surface area contributed by atoms with Crippen molar-refractivity contribution >= 4 is 39.4 Å². The molecule has 0 radical (unpaired) electrons. The van der Waals surface area contributed by atoms with Gasteiger partial charge in [-0.15, -0.1) is 0 Å². The number of pyridine rings is 2. The SMILES string of the molecule is CCCCCCCCNc1nc(-c2ccnc3[nH]c(-c4ccccc4Cl)cc23)nc2cncc(C3CC3)c12. The second kappa shape index (κ2) is 11.1. The van der Waals surface area contributed by atoms with E-state index in [1.807, 2.05) is 42.7 Å². The molecule has 1 aliphatic carbocycles. The summed E-state index contributed by atoms with van der Waals surface area (Å²) in [6.07, 6.45) is 15.7. The molecule has 1 fully saturated rings. The Morgan fingerprint density at radius 2 is 1.82 bits per heavy atom. The van der Waals surface area contributed by atoms with Crippen LogP contribution in [0.1, 0.15) is 69.8 Å². The van der Waals surface area contributed by atoms with Crippen molar-refractivity contribution in [3.63, 3.8) is 0 Å². The number of halogens is 1. The van der Waals surface area contributed by atoms with Crippen LogP contribution in [0.15, 0.2) is 55.0 Å². The van der Waals surface area contributed by atoms with Crippen LogP contribution in [-0.4, -0.2) is 31.5 Å². The normalized spacial score (nSPS) is 13.4. The molecule has 1 aromatic carbocycles. The highest BCUT2D eigenvalue weighted by Gasteiger charge is 2.28. The summed E-state index contributed by atoms with van der Waals surface area (Å²) < 4.78 is 0. The fourth-order valence-electron chi connectivity index (χ4n) is 5.22. The van der Waals surface area contributed by atoms with Crippen molar-refractivity contribution in [2.24, 2.45) is 0 Å². The summed E-state index contributed by atoms with van der Waals surface area (Å²) in [6, 6.07) is 11.9. The smallest absolute Gasteiger partial charge is 0.163 e. The van der Waals surface area contributed by atoms with Crippen LogP contribution in [0.25, 0.3) is 44.6 Å². The summed E-state index contributed by atoms with van der Waals surface area (Å²) in [5.41, 5.74) is 5.74. The zero-order valence-electron chi connectivity index (χ0n) is 21.8. The molecule has 7 heteroatoms. The molecule has 38 heavy (non-hydrogen) atoms. The van der Waals surface area contributed by atoms with E-state index in [-0.39, 0.29) is 0 Å². The molecule has 0 atom stereocenters. The number of H-pyrrole nitrogens is 1. The number of anilines is 1. The zero-order chi connectivity index (χ0) is 25.9. The van der Waals surface area contributed by atoms with Crippen LogP contribution in [0.2, 0.25) is 5.02 Å². The molecular formula is C31H33ClN6. The first-order valence-electron chi connectivity index (χ1n) is 13.9. The quantitative estimate of drug-likeness (QED) is 0.169. The summed E-state index contributed by atoms with van der Waals surface area (Å²) in [7, 11) is 0. The Morgan fingerprint density at radius 1 is 0.974 bits per heavy atom. The molecular weight excluding hydrogens is 492 g/mol. The number of benzene rings is 1. The third-order valence-corrected chi connectivity index (χ3v) is 7.74. The van der Waals surface area contributed by atoms with Gasteiger partial charge in [-0.3, -0.25) is 4.98 Å². The van der Waals surface area contributed by atoms with Crippen LogP contribution in [0, 0.1) is 0 Å². The molecule has 6 rings (SSSR count). The number of aromatic nitrogens is 5. The number of nitrogens with zero attached hydrogens (tertiary/aromatic N) is 4. The molecule has 4 heterocycles. The van der Waals surface area contributed by atoms with Crippen LogP contribution in [-0.2, 0) is 0 Å². The van der Waals surface area contributed by atoms with Crippen LogP contribution in [0.3, 0.4) is 0 Å². The van der Waals surface area contributed by atoms with Gasteiger partial charge in [0, 0.05) is 51.6 Å². The van der Waals surface area contributed by atoms with Gasteiger partial charge in [-0.25, -0.2) is 15.0 Å². The minimum Gasteiger partial charge on any atom is -0.369 e. The number of rotatable bonds is 11. The molecule has 5 aromatic rings. The molecule has 194 valence electrons. The molecule has 0 saturated heterocycles. The maximum atomic E-state index is 6.49. The van der Waals surface area contributed by atoms with Crippen molar-refractivity contribution in [3.8, 4) is 22.6 Å². The zero-order valence-corrected chi connectivity index (χ0v) is 22.6. The standard InChI is InChI=1S/C31H33ClN6/c1-2-3-4-5-6-9-15-34-31-28-24(20-12-13-20)18-33-19-27(28)37-30(38-31)21-14-16-35-29-23(21)17-26(36-29)22-10-7-8-11-25(22)32/h7-8,10-11,14,16-20H,2-6,9,12-13,15H2,1H3,(H,35,36)(H,34,37,38). The maximum Gasteiger partial charge on any atom is 0.163 e. The molecule has 1 saturated carbocycles. The maximum absolute atomic E-state index is 6.49. The Hall–Kier alpha value is -3.51. The molecule has 1 aliphatic rings. The van der Waals surface area contributed by atoms with Crippen molar-refractivity contribution in [1.82, 2.24) is 24.9 Å². The van der Waals surface area contributed by atoms with Crippen LogP contribution in [0.5, 0.6) is 0 Å². The van der Waals surface area contributed by atoms with E-state index in [9.17, 15) is 0 Å². The highest BCUT2D eigenvalue weighted by atomic mass is 35.5. The van der Waals surface area contributed by atoms with Crippen molar-refractivity contribution in [2.45, 2.75) is 64.2 Å². The Bertz CT molecular complexity index is 1570. The molecule has 0 amide bonds. The van der Waals surface area contributed by atoms with Gasteiger partial charge in [-0.05, 0) is 48.9 Å². The molecule has 2 N–H and O–H groups in total. The first-order valence-corrected chi connectivity index (χ1v) is 14.2. The summed E-state index contributed by atoms with van der Waals surface area (Å²) in [4.78, 5) is 22.7. The summed E-state index contributed by atoms with van der Waals surface area (Å²) in [5, 5.41) is 6.46. The third kappa shape index (κ3) is 5.10. The number of nitrogens with one attached hydrogen (secondary N) is 2. The van der Waals surface area contributed by atoms with Gasteiger partial charge in [-0.2, -0.15) is 0 Å². The van der Waals surface area contributed by atoms with Gasteiger partial charge in [0.1, 0.15) is 11.5 Å². The van der Waals surface area contributed by atoms with Crippen LogP contribution < -0.4 is 5.32 Å². The van der Waals surface area contributed by atoms with E-state index in [1.165, 1.54) is 50.5 Å². The predicted octanol–water partition coefficient (Wildman–Crippen LogP) is 8.54. The summed E-state index contributed by atoms with van der Waals surface area (Å²) in [5.74, 6) is 2.15. The van der Waals surface area contributed by atoms with Gasteiger partial charge in [0.05, 0.1) is 11.7 Å². The average Bonchev–Trinajstić information content (AvgIpc) is 3.70. The van der Waals surface area contributed by atoms with E-state index in [2.05, 4.69) is 33.3 Å². The van der Waals surface area contributed by atoms with Crippen LogP contribution in [0.4, 0.5) is 5.82 Å². The Morgan fingerprint density at radius 3 is 2.66 bits per heavy atom. The third-order valence-electron chi connectivity index (χ3n) is 7.41. The van der Waals surface area contributed by atoms with Gasteiger partial charge in [-0.1, -0.05) is 68.8 Å². The van der Waals surface area contributed by atoms with Crippen molar-refractivity contribution in [3.05, 3.63) is 65.6 Å². The number of unbranched alkanes of at least 4 members (excludes halogenated alkanes) is 5. The van der Waals surface area contributed by atoms with Gasteiger partial charge in [0.25, 0.3) is 0 Å². The number of hydrogen-bond donors (Lipinski definition) is 2. The van der Waals surface area contributed by atoms with Crippen molar-refractivity contribution in [1.29, 1.82) is 0 Å². The molecule has 4 aromatic heterocycles. The largest absolute Gasteiger partial charge is 0.369 e. The predicted molar refractivity (Wildman–Crippen MR) is 157 cm³/mol. The van der Waals surface area contributed by atoms with Gasteiger partial charge < -0.3 is 10.3 Å². The molecule has 6 nitrogen and oxygen atoms in total. The minimum atomic E-state index is 0.561. The fourth-order valence-corrected chi connectivity index (χ4v) is 5.46. The summed E-state index contributed by atoms with van der Waals surface area (Å²) >= 11 is 6.49. The van der Waals surface area contributed by atoms with Gasteiger partial charge in [0.15, 0.2) is 5.82 Å².